The molecule has 0 saturated carbocycles. The molecule has 7 nitrogen and oxygen atoms in total. The summed E-state index contributed by atoms with van der Waals surface area (Å²) < 4.78 is 16.1. The van der Waals surface area contributed by atoms with E-state index in [2.05, 4.69) is 5.32 Å². The summed E-state index contributed by atoms with van der Waals surface area (Å²) in [6.45, 7) is 1.24. The molecule has 0 aromatic heterocycles. The van der Waals surface area contributed by atoms with Crippen molar-refractivity contribution in [1.82, 2.24) is 10.2 Å². The van der Waals surface area contributed by atoms with E-state index in [1.165, 1.54) is 7.11 Å². The highest BCUT2D eigenvalue weighted by Crippen LogP contribution is 2.38. The first kappa shape index (κ1) is 24.0. The molecule has 1 saturated heterocycles. The number of carbonyl (C=O) groups excluding carboxylic acids is 2. The molecule has 9 heteroatoms. The van der Waals surface area contributed by atoms with Crippen LogP contribution in [0.4, 0.5) is 0 Å². The van der Waals surface area contributed by atoms with E-state index < -0.39 is 0 Å². The van der Waals surface area contributed by atoms with E-state index in [0.717, 1.165) is 12.0 Å². The second-order valence-corrected chi connectivity index (χ2v) is 8.29. The highest BCUT2D eigenvalue weighted by atomic mass is 35.5. The molecule has 172 valence electrons. The van der Waals surface area contributed by atoms with Crippen LogP contribution in [-0.4, -0.2) is 51.1 Å². The van der Waals surface area contributed by atoms with Gasteiger partial charge in [-0.15, -0.1) is 0 Å². The predicted molar refractivity (Wildman–Crippen MR) is 123 cm³/mol. The molecular formula is C23H26Cl2N2O5. The molecule has 1 aliphatic rings. The molecule has 1 unspecified atom stereocenters. The van der Waals surface area contributed by atoms with Gasteiger partial charge in [0.2, 0.25) is 11.7 Å². The van der Waals surface area contributed by atoms with Crippen molar-refractivity contribution < 1.29 is 23.8 Å². The summed E-state index contributed by atoms with van der Waals surface area (Å²) >= 11 is 12.0. The van der Waals surface area contributed by atoms with Gasteiger partial charge in [0.05, 0.1) is 37.3 Å². The zero-order chi connectivity index (χ0) is 23.3. The van der Waals surface area contributed by atoms with Crippen LogP contribution in [0.1, 0.15) is 28.8 Å². The number of nitrogens with one attached hydrogen (secondary N) is 1. The number of methoxy groups -OCH3 is 3. The van der Waals surface area contributed by atoms with E-state index in [4.69, 9.17) is 37.4 Å². The Morgan fingerprint density at radius 2 is 1.72 bits per heavy atom. The van der Waals surface area contributed by atoms with Crippen LogP contribution in [-0.2, 0) is 11.3 Å². The normalized spacial score (nSPS) is 15.8. The van der Waals surface area contributed by atoms with E-state index in [1.54, 1.807) is 49.5 Å². The Hall–Kier alpha value is -2.64. The van der Waals surface area contributed by atoms with Crippen LogP contribution < -0.4 is 19.5 Å². The molecule has 1 fully saturated rings. The second-order valence-electron chi connectivity index (χ2n) is 7.47. The number of likely N-dealkylation sites (tertiary alicyclic amines) is 1. The number of ether oxygens (including phenoxy) is 3. The lowest BCUT2D eigenvalue weighted by atomic mass is 9.96. The van der Waals surface area contributed by atoms with Gasteiger partial charge in [-0.2, -0.15) is 0 Å². The van der Waals surface area contributed by atoms with Crippen LogP contribution in [0.5, 0.6) is 17.2 Å². The van der Waals surface area contributed by atoms with Gasteiger partial charge < -0.3 is 24.4 Å². The monoisotopic (exact) mass is 480 g/mol. The molecule has 3 rings (SSSR count). The van der Waals surface area contributed by atoms with Gasteiger partial charge in [-0.3, -0.25) is 9.59 Å². The molecule has 0 radical (unpaired) electrons. The SMILES string of the molecule is COc1cc(CNC(=O)C2CCCN(C(=O)c3ccc(Cl)c(Cl)c3)C2)cc(OC)c1OC. The Bertz CT molecular complexity index is 973. The molecule has 0 spiro atoms. The summed E-state index contributed by atoms with van der Waals surface area (Å²) in [7, 11) is 4.62. The number of benzene rings is 2. The quantitative estimate of drug-likeness (QED) is 0.642. The minimum Gasteiger partial charge on any atom is -0.493 e. The van der Waals surface area contributed by atoms with Crippen molar-refractivity contribution in [3.63, 3.8) is 0 Å². The molecule has 1 atom stereocenters. The van der Waals surface area contributed by atoms with Gasteiger partial charge in [0.1, 0.15) is 0 Å². The first-order chi connectivity index (χ1) is 15.4. The van der Waals surface area contributed by atoms with E-state index in [9.17, 15) is 9.59 Å². The average molecular weight is 481 g/mol. The van der Waals surface area contributed by atoms with Crippen molar-refractivity contribution in [3.8, 4) is 17.2 Å². The first-order valence-corrected chi connectivity index (χ1v) is 10.9. The second kappa shape index (κ2) is 10.8. The molecule has 1 aliphatic heterocycles. The van der Waals surface area contributed by atoms with Crippen LogP contribution in [0, 0.1) is 5.92 Å². The van der Waals surface area contributed by atoms with Gasteiger partial charge in [-0.25, -0.2) is 0 Å². The number of rotatable bonds is 7. The summed E-state index contributed by atoms with van der Waals surface area (Å²) in [5, 5.41) is 3.68. The maximum Gasteiger partial charge on any atom is 0.253 e. The number of carbonyl (C=O) groups is 2. The third-order valence-electron chi connectivity index (χ3n) is 5.44. The lowest BCUT2D eigenvalue weighted by Gasteiger charge is -2.32. The smallest absolute Gasteiger partial charge is 0.253 e. The van der Waals surface area contributed by atoms with Gasteiger partial charge in [-0.05, 0) is 48.7 Å². The van der Waals surface area contributed by atoms with Crippen LogP contribution in [0.3, 0.4) is 0 Å². The highest BCUT2D eigenvalue weighted by molar-refractivity contribution is 6.42. The molecular weight excluding hydrogens is 455 g/mol. The molecule has 1 N–H and O–H groups in total. The molecule has 0 aliphatic carbocycles. The lowest BCUT2D eigenvalue weighted by Crippen LogP contribution is -2.45. The molecule has 2 aromatic rings. The minimum absolute atomic E-state index is 0.106. The number of piperidine rings is 1. The number of nitrogens with zero attached hydrogens (tertiary/aromatic N) is 1. The standard InChI is InChI=1S/C23H26Cl2N2O5/c1-30-19-9-14(10-20(31-2)21(19)32-3)12-26-22(28)16-5-4-8-27(13-16)23(29)15-6-7-17(24)18(25)11-15/h6-7,9-11,16H,4-5,8,12-13H2,1-3H3,(H,26,28). The van der Waals surface area contributed by atoms with Gasteiger partial charge in [-0.1, -0.05) is 23.2 Å². The zero-order valence-corrected chi connectivity index (χ0v) is 19.8. The van der Waals surface area contributed by atoms with Crippen molar-refractivity contribution >= 4 is 35.0 Å². The van der Waals surface area contributed by atoms with E-state index >= 15 is 0 Å². The highest BCUT2D eigenvalue weighted by Gasteiger charge is 2.29. The van der Waals surface area contributed by atoms with Crippen molar-refractivity contribution in [3.05, 3.63) is 51.5 Å². The maximum absolute atomic E-state index is 12.9. The van der Waals surface area contributed by atoms with Crippen molar-refractivity contribution in [1.29, 1.82) is 0 Å². The Kier molecular flexibility index (Phi) is 8.10. The Labute approximate surface area is 197 Å². The molecule has 32 heavy (non-hydrogen) atoms. The molecule has 1 heterocycles. The van der Waals surface area contributed by atoms with Gasteiger partial charge in [0, 0.05) is 25.2 Å². The fourth-order valence-corrected chi connectivity index (χ4v) is 4.06. The largest absolute Gasteiger partial charge is 0.493 e. The van der Waals surface area contributed by atoms with Crippen molar-refractivity contribution in [2.75, 3.05) is 34.4 Å². The fourth-order valence-electron chi connectivity index (χ4n) is 3.76. The third kappa shape index (κ3) is 5.40. The number of amides is 2. The Morgan fingerprint density at radius 3 is 2.31 bits per heavy atom. The third-order valence-corrected chi connectivity index (χ3v) is 6.18. The summed E-state index contributed by atoms with van der Waals surface area (Å²) in [4.78, 5) is 27.4. The minimum atomic E-state index is -0.294. The molecule has 0 bridgehead atoms. The Morgan fingerprint density at radius 1 is 1.03 bits per heavy atom. The first-order valence-electron chi connectivity index (χ1n) is 10.2. The maximum atomic E-state index is 12.9. The van der Waals surface area contributed by atoms with Crippen molar-refractivity contribution in [2.24, 2.45) is 5.92 Å². The van der Waals surface area contributed by atoms with Crippen LogP contribution in [0.15, 0.2) is 30.3 Å². The predicted octanol–water partition coefficient (Wildman–Crippen LogP) is 4.19. The van der Waals surface area contributed by atoms with Gasteiger partial charge in [0.25, 0.3) is 5.91 Å². The van der Waals surface area contributed by atoms with Gasteiger partial charge in [0.15, 0.2) is 11.5 Å². The average Bonchev–Trinajstić information content (AvgIpc) is 2.82. The van der Waals surface area contributed by atoms with Crippen LogP contribution in [0.25, 0.3) is 0 Å². The summed E-state index contributed by atoms with van der Waals surface area (Å²) in [6.07, 6.45) is 1.46. The topological polar surface area (TPSA) is 77.1 Å². The summed E-state index contributed by atoms with van der Waals surface area (Å²) in [5.74, 6) is 0.974. The van der Waals surface area contributed by atoms with E-state index in [0.29, 0.717) is 58.9 Å². The molecule has 2 aromatic carbocycles. The number of hydrogen-bond donors (Lipinski definition) is 1. The Balaban J connectivity index is 1.64. The number of halogens is 2. The lowest BCUT2D eigenvalue weighted by molar-refractivity contribution is -0.126. The van der Waals surface area contributed by atoms with Crippen molar-refractivity contribution in [2.45, 2.75) is 19.4 Å². The van der Waals surface area contributed by atoms with Crippen LogP contribution in [0.2, 0.25) is 10.0 Å². The van der Waals surface area contributed by atoms with Gasteiger partial charge >= 0.3 is 0 Å². The summed E-state index contributed by atoms with van der Waals surface area (Å²) in [6, 6.07) is 8.39. The summed E-state index contributed by atoms with van der Waals surface area (Å²) in [5.41, 5.74) is 1.27. The molecule has 2 amide bonds. The fraction of sp³-hybridized carbons (Fsp3) is 0.391. The van der Waals surface area contributed by atoms with E-state index in [-0.39, 0.29) is 17.7 Å². The number of hydrogen-bond acceptors (Lipinski definition) is 5. The van der Waals surface area contributed by atoms with Crippen LogP contribution >= 0.6 is 23.2 Å². The zero-order valence-electron chi connectivity index (χ0n) is 18.2. The van der Waals surface area contributed by atoms with E-state index in [1.807, 2.05) is 0 Å².